The summed E-state index contributed by atoms with van der Waals surface area (Å²) in [5.74, 6) is -0.499. The maximum atomic E-state index is 12.9. The van der Waals surface area contributed by atoms with Crippen molar-refractivity contribution < 1.29 is 22.8 Å². The molecule has 186 valence electrons. The molecule has 0 spiro atoms. The average Bonchev–Trinajstić information content (AvgIpc) is 3.20. The quantitative estimate of drug-likeness (QED) is 0.280. The Kier molecular flexibility index (Phi) is 7.69. The number of alkyl halides is 3. The fourth-order valence-electron chi connectivity index (χ4n) is 3.84. The van der Waals surface area contributed by atoms with E-state index in [2.05, 4.69) is 10.6 Å². The molecule has 0 saturated carbocycles. The predicted molar refractivity (Wildman–Crippen MR) is 136 cm³/mol. The number of anilines is 1. The second kappa shape index (κ2) is 10.9. The molecule has 4 rings (SSSR count). The minimum atomic E-state index is -4.48. The Hall–Kier alpha value is -3.72. The number of nitrogens with zero attached hydrogens (tertiary/aromatic N) is 1. The zero-order valence-electron chi connectivity index (χ0n) is 19.4. The molecule has 2 amide bonds. The number of rotatable bonds is 8. The number of benzene rings is 3. The van der Waals surface area contributed by atoms with Crippen LogP contribution in [0.25, 0.3) is 10.9 Å². The lowest BCUT2D eigenvalue weighted by atomic mass is 10.1. The highest BCUT2D eigenvalue weighted by atomic mass is 32.2. The Morgan fingerprint density at radius 2 is 1.72 bits per heavy atom. The van der Waals surface area contributed by atoms with E-state index in [1.807, 2.05) is 60.2 Å². The number of aromatic nitrogens is 1. The highest BCUT2D eigenvalue weighted by Crippen LogP contribution is 2.32. The molecule has 0 aliphatic carbocycles. The minimum Gasteiger partial charge on any atom is -0.350 e. The molecule has 0 aliphatic rings. The van der Waals surface area contributed by atoms with Gasteiger partial charge >= 0.3 is 6.18 Å². The fourth-order valence-corrected chi connectivity index (χ4v) is 4.73. The molecule has 2 N–H and O–H groups in total. The van der Waals surface area contributed by atoms with E-state index >= 15 is 0 Å². The molecule has 9 heteroatoms. The molecule has 36 heavy (non-hydrogen) atoms. The van der Waals surface area contributed by atoms with Crippen LogP contribution < -0.4 is 10.6 Å². The molecule has 0 radical (unpaired) electrons. The van der Waals surface area contributed by atoms with Crippen molar-refractivity contribution in [1.29, 1.82) is 0 Å². The maximum absolute atomic E-state index is 12.9. The Morgan fingerprint density at radius 1 is 0.972 bits per heavy atom. The smallest absolute Gasteiger partial charge is 0.350 e. The van der Waals surface area contributed by atoms with Gasteiger partial charge in [0.25, 0.3) is 5.91 Å². The lowest BCUT2D eigenvalue weighted by Crippen LogP contribution is -2.27. The number of hydrogen-bond acceptors (Lipinski definition) is 3. The third kappa shape index (κ3) is 6.09. The van der Waals surface area contributed by atoms with Gasteiger partial charge in [-0.3, -0.25) is 9.59 Å². The van der Waals surface area contributed by atoms with Gasteiger partial charge in [0.2, 0.25) is 5.91 Å². The van der Waals surface area contributed by atoms with Crippen LogP contribution in [-0.4, -0.2) is 28.7 Å². The van der Waals surface area contributed by atoms with Crippen LogP contribution in [0.3, 0.4) is 0 Å². The molecular weight excluding hydrogens is 487 g/mol. The number of halogens is 3. The number of carbonyl (C=O) groups excluding carboxylic acids is 2. The molecule has 1 aromatic heterocycles. The van der Waals surface area contributed by atoms with Gasteiger partial charge in [0.05, 0.1) is 11.3 Å². The number of thioether (sulfide) groups is 1. The topological polar surface area (TPSA) is 63.1 Å². The summed E-state index contributed by atoms with van der Waals surface area (Å²) in [6, 6.07) is 19.7. The minimum absolute atomic E-state index is 0.0360. The number of fused-ring (bicyclic) bond motifs is 1. The molecule has 0 saturated heterocycles. The van der Waals surface area contributed by atoms with Gasteiger partial charge in [-0.05, 0) is 42.8 Å². The van der Waals surface area contributed by atoms with E-state index in [1.165, 1.54) is 23.9 Å². The second-order valence-electron chi connectivity index (χ2n) is 8.19. The van der Waals surface area contributed by atoms with E-state index < -0.39 is 17.6 Å². The Labute approximate surface area is 210 Å². The van der Waals surface area contributed by atoms with Crippen LogP contribution in [0.5, 0.6) is 0 Å². The van der Waals surface area contributed by atoms with Crippen molar-refractivity contribution >= 4 is 40.2 Å². The third-order valence-corrected chi connectivity index (χ3v) is 6.66. The van der Waals surface area contributed by atoms with Crippen LogP contribution in [0.15, 0.2) is 83.9 Å². The first kappa shape index (κ1) is 25.4. The van der Waals surface area contributed by atoms with E-state index in [0.717, 1.165) is 33.5 Å². The van der Waals surface area contributed by atoms with Crippen LogP contribution in [-0.2, 0) is 17.5 Å². The first-order chi connectivity index (χ1) is 17.2. The van der Waals surface area contributed by atoms with Crippen molar-refractivity contribution in [3.05, 3.63) is 95.7 Å². The summed E-state index contributed by atoms with van der Waals surface area (Å²) >= 11 is 1.30. The van der Waals surface area contributed by atoms with Crippen LogP contribution >= 0.6 is 11.8 Å². The van der Waals surface area contributed by atoms with Crippen molar-refractivity contribution in [2.24, 2.45) is 0 Å². The van der Waals surface area contributed by atoms with Gasteiger partial charge in [-0.25, -0.2) is 0 Å². The normalized spacial score (nSPS) is 11.4. The maximum Gasteiger partial charge on any atom is 0.416 e. The highest BCUT2D eigenvalue weighted by molar-refractivity contribution is 8.00. The van der Waals surface area contributed by atoms with E-state index in [4.69, 9.17) is 0 Å². The number of nitrogens with one attached hydrogen (secondary N) is 2. The lowest BCUT2D eigenvalue weighted by molar-refractivity contribution is -0.137. The predicted octanol–water partition coefficient (Wildman–Crippen LogP) is 6.13. The Bertz CT molecular complexity index is 1400. The van der Waals surface area contributed by atoms with E-state index in [9.17, 15) is 22.8 Å². The molecule has 1 heterocycles. The van der Waals surface area contributed by atoms with Gasteiger partial charge in [0.1, 0.15) is 0 Å². The highest BCUT2D eigenvalue weighted by Gasteiger charge is 2.30. The molecule has 0 bridgehead atoms. The average molecular weight is 512 g/mol. The standard InChI is InChI=1S/C27H24F3N3O2S/c1-18-7-2-3-10-21(18)26(35)31-13-14-33-16-24(22-11-4-5-12-23(22)33)36-17-25(34)32-20-9-6-8-19(15-20)27(28,29)30/h2-12,15-16H,13-14,17H2,1H3,(H,31,35)(H,32,34). The summed E-state index contributed by atoms with van der Waals surface area (Å²) in [5.41, 5.74) is 1.79. The van der Waals surface area contributed by atoms with E-state index in [0.29, 0.717) is 18.7 Å². The molecule has 0 aliphatic heterocycles. The SMILES string of the molecule is Cc1ccccc1C(=O)NCCn1cc(SCC(=O)Nc2cccc(C(F)(F)F)c2)c2ccccc21. The fraction of sp³-hybridized carbons (Fsp3) is 0.185. The number of carbonyl (C=O) groups is 2. The van der Waals surface area contributed by atoms with Crippen molar-refractivity contribution in [2.45, 2.75) is 24.5 Å². The Morgan fingerprint density at radius 3 is 2.50 bits per heavy atom. The lowest BCUT2D eigenvalue weighted by Gasteiger charge is -2.09. The number of amides is 2. The summed E-state index contributed by atoms with van der Waals surface area (Å²) in [6.45, 7) is 2.85. The molecular formula is C27H24F3N3O2S. The van der Waals surface area contributed by atoms with Crippen molar-refractivity contribution in [1.82, 2.24) is 9.88 Å². The largest absolute Gasteiger partial charge is 0.416 e. The number of aryl methyl sites for hydroxylation is 1. The first-order valence-electron chi connectivity index (χ1n) is 11.2. The molecule has 0 fully saturated rings. The van der Waals surface area contributed by atoms with E-state index in [1.54, 1.807) is 6.07 Å². The van der Waals surface area contributed by atoms with Crippen LogP contribution in [0.2, 0.25) is 0 Å². The van der Waals surface area contributed by atoms with Gasteiger partial charge in [-0.2, -0.15) is 13.2 Å². The van der Waals surface area contributed by atoms with Crippen LogP contribution in [0.1, 0.15) is 21.5 Å². The monoisotopic (exact) mass is 511 g/mol. The van der Waals surface area contributed by atoms with Gasteiger partial charge in [-0.1, -0.05) is 42.5 Å². The first-order valence-corrected chi connectivity index (χ1v) is 12.2. The van der Waals surface area contributed by atoms with Gasteiger partial charge in [0, 0.05) is 46.3 Å². The summed E-state index contributed by atoms with van der Waals surface area (Å²) in [5, 5.41) is 6.43. The van der Waals surface area contributed by atoms with Gasteiger partial charge in [0.15, 0.2) is 0 Å². The van der Waals surface area contributed by atoms with Crippen molar-refractivity contribution in [3.8, 4) is 0 Å². The molecule has 0 unspecified atom stereocenters. The summed E-state index contributed by atoms with van der Waals surface area (Å²) in [4.78, 5) is 25.8. The molecule has 4 aromatic rings. The third-order valence-electron chi connectivity index (χ3n) is 5.61. The summed E-state index contributed by atoms with van der Waals surface area (Å²) in [7, 11) is 0. The Balaban J connectivity index is 1.39. The van der Waals surface area contributed by atoms with Crippen LogP contribution in [0, 0.1) is 6.92 Å². The van der Waals surface area contributed by atoms with Gasteiger partial charge in [-0.15, -0.1) is 11.8 Å². The number of para-hydroxylation sites is 1. The van der Waals surface area contributed by atoms with Crippen molar-refractivity contribution in [3.63, 3.8) is 0 Å². The van der Waals surface area contributed by atoms with Gasteiger partial charge < -0.3 is 15.2 Å². The summed E-state index contributed by atoms with van der Waals surface area (Å²) < 4.78 is 40.8. The second-order valence-corrected chi connectivity index (χ2v) is 9.21. The van der Waals surface area contributed by atoms with Crippen molar-refractivity contribution in [2.75, 3.05) is 17.6 Å². The zero-order chi connectivity index (χ0) is 25.7. The van der Waals surface area contributed by atoms with Crippen LogP contribution in [0.4, 0.5) is 18.9 Å². The molecule has 5 nitrogen and oxygen atoms in total. The zero-order valence-corrected chi connectivity index (χ0v) is 20.2. The molecule has 0 atom stereocenters. The summed E-state index contributed by atoms with van der Waals surface area (Å²) in [6.07, 6.45) is -2.55. The molecule has 3 aromatic carbocycles. The van der Waals surface area contributed by atoms with E-state index in [-0.39, 0.29) is 17.3 Å². The number of hydrogen-bond donors (Lipinski definition) is 2.